The Hall–Kier alpha value is -5.08. The summed E-state index contributed by atoms with van der Waals surface area (Å²) in [5.41, 5.74) is 4.04. The smallest absolute Gasteiger partial charge is 0.264 e. The third kappa shape index (κ3) is 5.96. The Balaban J connectivity index is 1.05. The molecular weight excluding hydrogens is 585 g/mol. The average molecular weight is 620 g/mol. The lowest BCUT2D eigenvalue weighted by Crippen LogP contribution is -2.46. The lowest BCUT2D eigenvalue weighted by atomic mass is 10.0. The molecular formula is C35H34FN7O3. The molecule has 3 aromatic carbocycles. The lowest BCUT2D eigenvalue weighted by molar-refractivity contribution is -0.135. The molecule has 2 saturated heterocycles. The third-order valence-electron chi connectivity index (χ3n) is 9.09. The van der Waals surface area contributed by atoms with Crippen LogP contribution in [-0.4, -0.2) is 52.4 Å². The molecule has 1 aromatic heterocycles. The van der Waals surface area contributed by atoms with Gasteiger partial charge < -0.3 is 10.2 Å². The molecule has 1 unspecified atom stereocenters. The molecule has 11 heteroatoms. The minimum Gasteiger partial charge on any atom is -0.380 e. The summed E-state index contributed by atoms with van der Waals surface area (Å²) in [6.45, 7) is 4.20. The molecule has 46 heavy (non-hydrogen) atoms. The second-order valence-corrected chi connectivity index (χ2v) is 12.3. The summed E-state index contributed by atoms with van der Waals surface area (Å²) < 4.78 is 16.1. The Labute approximate surface area is 265 Å². The first-order chi connectivity index (χ1) is 22.4. The fourth-order valence-corrected chi connectivity index (χ4v) is 6.54. The molecule has 2 amide bonds. The highest BCUT2D eigenvalue weighted by Gasteiger charge is 2.36. The number of amides is 2. The monoisotopic (exact) mass is 619 g/mol. The predicted octanol–water partition coefficient (Wildman–Crippen LogP) is 4.20. The van der Waals surface area contributed by atoms with Gasteiger partial charge in [0.1, 0.15) is 17.7 Å². The Kier molecular flexibility index (Phi) is 7.96. The number of carbonyl (C=O) groups excluding carboxylic acids is 2. The quantitative estimate of drug-likeness (QED) is 0.282. The first kappa shape index (κ1) is 29.6. The summed E-state index contributed by atoms with van der Waals surface area (Å²) in [7, 11) is 0. The van der Waals surface area contributed by atoms with Crippen LogP contribution in [0.15, 0.2) is 65.5 Å². The van der Waals surface area contributed by atoms with Crippen molar-refractivity contribution in [2.75, 3.05) is 36.4 Å². The predicted molar refractivity (Wildman–Crippen MR) is 172 cm³/mol. The number of nitrogens with zero attached hydrogens (tertiary/aromatic N) is 5. The number of benzene rings is 3. The van der Waals surface area contributed by atoms with Crippen LogP contribution in [0.4, 0.5) is 15.8 Å². The number of anilines is 2. The SMILES string of the molecule is N#Cc1ccc(N2CCN(Cc3cccc(CNc4cccc5nc(C6CC6)n(C6CCC(=O)NC6=O)c(=O)c45)c3)CC2)c(F)c1. The number of nitriles is 1. The fraction of sp³-hybridized carbons (Fsp3) is 0.343. The van der Waals surface area contributed by atoms with Crippen molar-refractivity contribution in [3.8, 4) is 6.07 Å². The summed E-state index contributed by atoms with van der Waals surface area (Å²) in [6, 6.07) is 19.7. The fourth-order valence-electron chi connectivity index (χ4n) is 6.54. The molecule has 0 bridgehead atoms. The Morgan fingerprint density at radius 3 is 2.48 bits per heavy atom. The van der Waals surface area contributed by atoms with Gasteiger partial charge in [0.2, 0.25) is 11.8 Å². The van der Waals surface area contributed by atoms with Crippen LogP contribution in [-0.2, 0) is 22.7 Å². The second-order valence-electron chi connectivity index (χ2n) is 12.3. The van der Waals surface area contributed by atoms with Crippen molar-refractivity contribution >= 4 is 34.1 Å². The van der Waals surface area contributed by atoms with Crippen LogP contribution in [0, 0.1) is 17.1 Å². The molecule has 1 saturated carbocycles. The van der Waals surface area contributed by atoms with Crippen LogP contribution in [0.25, 0.3) is 10.9 Å². The molecule has 1 atom stereocenters. The number of carbonyl (C=O) groups is 2. The molecule has 0 radical (unpaired) electrons. The number of aromatic nitrogens is 2. The number of halogens is 1. The first-order valence-electron chi connectivity index (χ1n) is 15.8. The molecule has 4 aromatic rings. The number of nitrogens with one attached hydrogen (secondary N) is 2. The van der Waals surface area contributed by atoms with E-state index in [1.165, 1.54) is 10.6 Å². The standard InChI is InChI=1S/C35H34FN7O3/c36-26-18-22(19-37)7-10-29(26)42-15-13-41(14-16-42)21-24-4-1-3-23(17-24)20-38-27-5-2-6-28-32(27)35(46)43(33(39-28)25-8-9-25)30-11-12-31(44)40-34(30)45/h1-7,10,17-18,25,30,38H,8-9,11-16,20-21H2,(H,40,44,45). The van der Waals surface area contributed by atoms with Crippen molar-refractivity contribution in [3.63, 3.8) is 0 Å². The van der Waals surface area contributed by atoms with Crippen molar-refractivity contribution in [3.05, 3.63) is 99.3 Å². The van der Waals surface area contributed by atoms with E-state index in [0.717, 1.165) is 43.6 Å². The number of hydrogen-bond donors (Lipinski definition) is 2. The average Bonchev–Trinajstić information content (AvgIpc) is 3.91. The van der Waals surface area contributed by atoms with Crippen LogP contribution in [0.1, 0.15) is 60.2 Å². The van der Waals surface area contributed by atoms with E-state index in [-0.39, 0.29) is 36.0 Å². The highest BCUT2D eigenvalue weighted by atomic mass is 19.1. The summed E-state index contributed by atoms with van der Waals surface area (Å²) in [5.74, 6) is -0.373. The largest absolute Gasteiger partial charge is 0.380 e. The van der Waals surface area contributed by atoms with E-state index in [9.17, 15) is 18.8 Å². The van der Waals surface area contributed by atoms with Crippen molar-refractivity contribution in [2.45, 2.75) is 50.7 Å². The number of hydrogen-bond acceptors (Lipinski definition) is 8. The molecule has 3 aliphatic rings. The highest BCUT2D eigenvalue weighted by molar-refractivity contribution is 5.99. The number of piperidine rings is 1. The molecule has 0 spiro atoms. The van der Waals surface area contributed by atoms with Gasteiger partial charge in [-0.3, -0.25) is 29.2 Å². The van der Waals surface area contributed by atoms with E-state index in [1.807, 2.05) is 41.3 Å². The minimum atomic E-state index is -0.757. The summed E-state index contributed by atoms with van der Waals surface area (Å²) in [4.78, 5) is 47.9. The molecule has 2 aliphatic heterocycles. The number of rotatable bonds is 8. The topological polar surface area (TPSA) is 123 Å². The Morgan fingerprint density at radius 2 is 1.74 bits per heavy atom. The van der Waals surface area contributed by atoms with Crippen LogP contribution in [0.5, 0.6) is 0 Å². The zero-order valence-electron chi connectivity index (χ0n) is 25.3. The van der Waals surface area contributed by atoms with Gasteiger partial charge in [-0.25, -0.2) is 9.37 Å². The zero-order chi connectivity index (χ0) is 31.8. The first-order valence-corrected chi connectivity index (χ1v) is 15.8. The number of fused-ring (bicyclic) bond motifs is 1. The lowest BCUT2D eigenvalue weighted by Gasteiger charge is -2.36. The van der Waals surface area contributed by atoms with Crippen molar-refractivity contribution in [1.29, 1.82) is 5.26 Å². The van der Waals surface area contributed by atoms with Gasteiger partial charge in [-0.15, -0.1) is 0 Å². The van der Waals surface area contributed by atoms with E-state index in [0.29, 0.717) is 53.3 Å². The number of imide groups is 1. The van der Waals surface area contributed by atoms with Gasteiger partial charge in [0.15, 0.2) is 0 Å². The van der Waals surface area contributed by atoms with Gasteiger partial charge in [-0.05, 0) is 60.7 Å². The maximum absolute atomic E-state index is 14.5. The highest BCUT2D eigenvalue weighted by Crippen LogP contribution is 2.40. The molecule has 3 fully saturated rings. The molecule has 10 nitrogen and oxygen atoms in total. The van der Waals surface area contributed by atoms with Crippen LogP contribution in [0.2, 0.25) is 0 Å². The van der Waals surface area contributed by atoms with Crippen LogP contribution >= 0.6 is 0 Å². The summed E-state index contributed by atoms with van der Waals surface area (Å²) in [5, 5.41) is 15.3. The zero-order valence-corrected chi connectivity index (χ0v) is 25.3. The maximum atomic E-state index is 14.5. The van der Waals surface area contributed by atoms with Crippen molar-refractivity contribution in [1.82, 2.24) is 19.8 Å². The van der Waals surface area contributed by atoms with Gasteiger partial charge >= 0.3 is 0 Å². The van der Waals surface area contributed by atoms with Gasteiger partial charge in [0, 0.05) is 57.3 Å². The van der Waals surface area contributed by atoms with Crippen LogP contribution in [0.3, 0.4) is 0 Å². The van der Waals surface area contributed by atoms with E-state index in [4.69, 9.17) is 10.2 Å². The Morgan fingerprint density at radius 1 is 0.957 bits per heavy atom. The molecule has 7 rings (SSSR count). The summed E-state index contributed by atoms with van der Waals surface area (Å²) >= 11 is 0. The van der Waals surface area contributed by atoms with Gasteiger partial charge in [0.05, 0.1) is 28.2 Å². The van der Waals surface area contributed by atoms with Gasteiger partial charge in [-0.1, -0.05) is 30.3 Å². The van der Waals surface area contributed by atoms with E-state index < -0.39 is 11.9 Å². The normalized spacial score (nSPS) is 18.8. The van der Waals surface area contributed by atoms with E-state index in [1.54, 1.807) is 12.1 Å². The maximum Gasteiger partial charge on any atom is 0.264 e. The van der Waals surface area contributed by atoms with Gasteiger partial charge in [-0.2, -0.15) is 5.26 Å². The van der Waals surface area contributed by atoms with E-state index in [2.05, 4.69) is 27.7 Å². The molecule has 234 valence electrons. The summed E-state index contributed by atoms with van der Waals surface area (Å²) in [6.07, 6.45) is 2.31. The molecule has 3 heterocycles. The second kappa shape index (κ2) is 12.4. The van der Waals surface area contributed by atoms with Gasteiger partial charge in [0.25, 0.3) is 5.56 Å². The van der Waals surface area contributed by atoms with Crippen molar-refractivity contribution in [2.24, 2.45) is 0 Å². The third-order valence-corrected chi connectivity index (χ3v) is 9.09. The molecule has 1 aliphatic carbocycles. The minimum absolute atomic E-state index is 0.141. The number of piperazine rings is 1. The Bertz CT molecular complexity index is 1940. The molecule has 2 N–H and O–H groups in total. The van der Waals surface area contributed by atoms with Crippen LogP contribution < -0.4 is 21.1 Å². The van der Waals surface area contributed by atoms with E-state index >= 15 is 0 Å². The van der Waals surface area contributed by atoms with Crippen molar-refractivity contribution < 1.29 is 14.0 Å².